The lowest BCUT2D eigenvalue weighted by molar-refractivity contribution is -0.0253. The van der Waals surface area contributed by atoms with Gasteiger partial charge in [-0.05, 0) is 12.8 Å². The first-order valence-corrected chi connectivity index (χ1v) is 9.59. The molecule has 1 saturated carbocycles. The standard InChI is InChI=1S/C15H24N6O3S/c1-3-5-16-13-10-14(18-15(17-13)25-6-4-2)21(20-19-10)8-7-9(22)12(24)11(8)23/h8-9,11-12,22-24H,3-7H2,1-2H3,(H,16,17,18)/t8-,9+,11+,12-/m1/s1. The minimum atomic E-state index is -1.20. The Morgan fingerprint density at radius 1 is 1.16 bits per heavy atom. The third kappa shape index (κ3) is 3.57. The molecule has 9 nitrogen and oxygen atoms in total. The maximum Gasteiger partial charge on any atom is 0.191 e. The molecule has 0 radical (unpaired) electrons. The topological polar surface area (TPSA) is 129 Å². The van der Waals surface area contributed by atoms with Crippen LogP contribution < -0.4 is 5.32 Å². The zero-order chi connectivity index (χ0) is 18.0. The third-order valence-corrected chi connectivity index (χ3v) is 5.27. The summed E-state index contributed by atoms with van der Waals surface area (Å²) < 4.78 is 1.49. The van der Waals surface area contributed by atoms with Gasteiger partial charge in [0.25, 0.3) is 0 Å². The molecule has 0 aliphatic heterocycles. The second-order valence-electron chi connectivity index (χ2n) is 6.19. The van der Waals surface area contributed by atoms with Gasteiger partial charge in [0.15, 0.2) is 22.1 Å². The molecule has 2 aromatic rings. The summed E-state index contributed by atoms with van der Waals surface area (Å²) in [6.07, 6.45) is -1.17. The van der Waals surface area contributed by atoms with Crippen LogP contribution in [0.1, 0.15) is 39.2 Å². The van der Waals surface area contributed by atoms with Gasteiger partial charge in [-0.15, -0.1) is 5.10 Å². The maximum absolute atomic E-state index is 10.2. The zero-order valence-corrected chi connectivity index (χ0v) is 15.1. The number of thioether (sulfide) groups is 1. The number of aliphatic hydroxyl groups is 3. The van der Waals surface area contributed by atoms with E-state index in [0.717, 1.165) is 25.1 Å². The number of fused-ring (bicyclic) bond motifs is 1. The van der Waals surface area contributed by atoms with Crippen LogP contribution in [0.4, 0.5) is 5.82 Å². The van der Waals surface area contributed by atoms with Crippen LogP contribution in [0.15, 0.2) is 5.16 Å². The van der Waals surface area contributed by atoms with Crippen LogP contribution in [0.25, 0.3) is 11.2 Å². The predicted molar refractivity (Wildman–Crippen MR) is 94.6 cm³/mol. The van der Waals surface area contributed by atoms with E-state index in [1.54, 1.807) is 11.8 Å². The van der Waals surface area contributed by atoms with E-state index in [9.17, 15) is 15.3 Å². The lowest BCUT2D eigenvalue weighted by atomic mass is 10.2. The highest BCUT2D eigenvalue weighted by Gasteiger charge is 2.43. The summed E-state index contributed by atoms with van der Waals surface area (Å²) in [4.78, 5) is 9.07. The van der Waals surface area contributed by atoms with Crippen molar-refractivity contribution in [2.45, 2.75) is 62.6 Å². The molecule has 1 aliphatic carbocycles. The van der Waals surface area contributed by atoms with Gasteiger partial charge in [0, 0.05) is 18.7 Å². The van der Waals surface area contributed by atoms with Crippen LogP contribution >= 0.6 is 11.8 Å². The van der Waals surface area contributed by atoms with Crippen LogP contribution in [-0.4, -0.2) is 70.9 Å². The lowest BCUT2D eigenvalue weighted by Gasteiger charge is -2.16. The van der Waals surface area contributed by atoms with E-state index in [-0.39, 0.29) is 6.42 Å². The number of nitrogens with zero attached hydrogens (tertiary/aromatic N) is 5. The van der Waals surface area contributed by atoms with E-state index in [0.29, 0.717) is 22.1 Å². The van der Waals surface area contributed by atoms with Gasteiger partial charge in [-0.1, -0.05) is 30.8 Å². The Balaban J connectivity index is 2.02. The first-order valence-electron chi connectivity index (χ1n) is 8.60. The zero-order valence-electron chi connectivity index (χ0n) is 14.3. The van der Waals surface area contributed by atoms with Crippen molar-refractivity contribution in [2.75, 3.05) is 17.6 Å². The summed E-state index contributed by atoms with van der Waals surface area (Å²) in [5.41, 5.74) is 1.02. The Morgan fingerprint density at radius 3 is 2.60 bits per heavy atom. The maximum atomic E-state index is 10.2. The Hall–Kier alpha value is -1.49. The second-order valence-corrected chi connectivity index (χ2v) is 7.25. The number of rotatable bonds is 7. The molecule has 1 fully saturated rings. The number of hydrogen-bond donors (Lipinski definition) is 4. The van der Waals surface area contributed by atoms with Crippen molar-refractivity contribution in [3.63, 3.8) is 0 Å². The first-order chi connectivity index (χ1) is 12.1. The highest BCUT2D eigenvalue weighted by atomic mass is 32.2. The van der Waals surface area contributed by atoms with Crippen molar-refractivity contribution >= 4 is 28.7 Å². The predicted octanol–water partition coefficient (Wildman–Crippen LogP) is 0.573. The molecule has 4 atom stereocenters. The summed E-state index contributed by atoms with van der Waals surface area (Å²) in [7, 11) is 0. The number of anilines is 1. The van der Waals surface area contributed by atoms with Crippen molar-refractivity contribution in [1.29, 1.82) is 0 Å². The molecule has 0 unspecified atom stereocenters. The smallest absolute Gasteiger partial charge is 0.191 e. The SMILES string of the molecule is CCCNc1nc(SCCC)nc2c1nnn2[C@@H]1C[C@H](O)[C@@H](O)[C@H]1O. The molecule has 0 bridgehead atoms. The Bertz CT molecular complexity index is 727. The normalized spacial score (nSPS) is 26.4. The van der Waals surface area contributed by atoms with Crippen molar-refractivity contribution in [3.8, 4) is 0 Å². The molecule has 0 aromatic carbocycles. The molecule has 0 spiro atoms. The van der Waals surface area contributed by atoms with Gasteiger partial charge >= 0.3 is 0 Å². The van der Waals surface area contributed by atoms with Gasteiger partial charge in [0.2, 0.25) is 0 Å². The van der Waals surface area contributed by atoms with Crippen molar-refractivity contribution in [3.05, 3.63) is 0 Å². The van der Waals surface area contributed by atoms with Crippen LogP contribution in [0, 0.1) is 0 Å². The average molecular weight is 368 g/mol. The summed E-state index contributed by atoms with van der Waals surface area (Å²) in [6, 6.07) is -0.576. The number of hydrogen-bond acceptors (Lipinski definition) is 9. The van der Waals surface area contributed by atoms with E-state index < -0.39 is 24.4 Å². The molecule has 138 valence electrons. The molecule has 3 rings (SSSR count). The van der Waals surface area contributed by atoms with E-state index in [4.69, 9.17) is 0 Å². The van der Waals surface area contributed by atoms with Crippen molar-refractivity contribution < 1.29 is 15.3 Å². The Labute approximate surface area is 149 Å². The van der Waals surface area contributed by atoms with E-state index in [1.165, 1.54) is 4.68 Å². The average Bonchev–Trinajstić information content (AvgIpc) is 3.14. The van der Waals surface area contributed by atoms with Gasteiger partial charge < -0.3 is 20.6 Å². The van der Waals surface area contributed by atoms with Crippen molar-refractivity contribution in [1.82, 2.24) is 25.0 Å². The Kier molecular flexibility index (Phi) is 5.72. The highest BCUT2D eigenvalue weighted by molar-refractivity contribution is 7.99. The minimum Gasteiger partial charge on any atom is -0.390 e. The third-order valence-electron chi connectivity index (χ3n) is 4.22. The van der Waals surface area contributed by atoms with Crippen LogP contribution in [0.2, 0.25) is 0 Å². The van der Waals surface area contributed by atoms with Crippen LogP contribution in [0.5, 0.6) is 0 Å². The van der Waals surface area contributed by atoms with Gasteiger partial charge in [0.1, 0.15) is 12.2 Å². The minimum absolute atomic E-state index is 0.194. The largest absolute Gasteiger partial charge is 0.390 e. The molecule has 0 saturated heterocycles. The molecule has 2 heterocycles. The summed E-state index contributed by atoms with van der Waals surface area (Å²) >= 11 is 1.55. The fraction of sp³-hybridized carbons (Fsp3) is 0.733. The molecule has 25 heavy (non-hydrogen) atoms. The van der Waals surface area contributed by atoms with Crippen LogP contribution in [-0.2, 0) is 0 Å². The molecule has 4 N–H and O–H groups in total. The lowest BCUT2D eigenvalue weighted by Crippen LogP contribution is -2.31. The summed E-state index contributed by atoms with van der Waals surface area (Å²) in [5.74, 6) is 1.51. The van der Waals surface area contributed by atoms with Gasteiger partial charge in [-0.2, -0.15) is 0 Å². The summed E-state index contributed by atoms with van der Waals surface area (Å²) in [5, 5.41) is 42.0. The van der Waals surface area contributed by atoms with Crippen molar-refractivity contribution in [2.24, 2.45) is 0 Å². The quantitative estimate of drug-likeness (QED) is 0.409. The van der Waals surface area contributed by atoms with Gasteiger partial charge in [-0.25, -0.2) is 14.6 Å². The second kappa shape index (κ2) is 7.81. The molecule has 0 amide bonds. The first kappa shape index (κ1) is 18.3. The molecular weight excluding hydrogens is 344 g/mol. The molecule has 1 aliphatic rings. The number of aromatic nitrogens is 5. The van der Waals surface area contributed by atoms with E-state index >= 15 is 0 Å². The molecule has 2 aromatic heterocycles. The number of nitrogens with one attached hydrogen (secondary N) is 1. The van der Waals surface area contributed by atoms with E-state index in [1.807, 2.05) is 0 Å². The molecular formula is C15H24N6O3S. The monoisotopic (exact) mass is 368 g/mol. The van der Waals surface area contributed by atoms with Crippen LogP contribution in [0.3, 0.4) is 0 Å². The number of aliphatic hydroxyl groups excluding tert-OH is 3. The van der Waals surface area contributed by atoms with Gasteiger partial charge in [0.05, 0.1) is 12.1 Å². The van der Waals surface area contributed by atoms with E-state index in [2.05, 4.69) is 39.4 Å². The fourth-order valence-corrected chi connectivity index (χ4v) is 3.58. The Morgan fingerprint density at radius 2 is 1.96 bits per heavy atom. The highest BCUT2D eigenvalue weighted by Crippen LogP contribution is 2.33. The van der Waals surface area contributed by atoms with Gasteiger partial charge in [-0.3, -0.25) is 0 Å². The fourth-order valence-electron chi connectivity index (χ4n) is 2.88. The molecule has 10 heteroatoms. The summed E-state index contributed by atoms with van der Waals surface area (Å²) in [6.45, 7) is 4.90.